The molecule has 2 aliphatic carbocycles. The van der Waals surface area contributed by atoms with Gasteiger partial charge in [0.15, 0.2) is 0 Å². The molecule has 182 valence electrons. The first-order chi connectivity index (χ1) is 18.7. The van der Waals surface area contributed by atoms with Crippen LogP contribution in [0.2, 0.25) is 0 Å². The van der Waals surface area contributed by atoms with Crippen LogP contribution < -0.4 is 0 Å². The van der Waals surface area contributed by atoms with E-state index in [4.69, 9.17) is 9.97 Å². The van der Waals surface area contributed by atoms with E-state index in [2.05, 4.69) is 98.8 Å². The van der Waals surface area contributed by atoms with Gasteiger partial charge in [-0.3, -0.25) is 0 Å². The highest BCUT2D eigenvalue weighted by Crippen LogP contribution is 2.50. The van der Waals surface area contributed by atoms with Gasteiger partial charge in [-0.2, -0.15) is 0 Å². The van der Waals surface area contributed by atoms with Crippen molar-refractivity contribution in [3.05, 3.63) is 118 Å². The van der Waals surface area contributed by atoms with Crippen molar-refractivity contribution in [2.24, 2.45) is 0 Å². The average molecular weight is 525 g/mol. The van der Waals surface area contributed by atoms with Crippen LogP contribution in [0.15, 0.2) is 96.0 Å². The third-order valence-corrected chi connectivity index (χ3v) is 10.1. The van der Waals surface area contributed by atoms with E-state index in [0.717, 1.165) is 11.4 Å². The number of hydrogen-bond donors (Lipinski definition) is 0. The molecule has 6 aromatic rings. The SMILES string of the molecule is CC1c2ccccc2-c2ncsc2-c2cc(-c3ccc4c(c3)-c3scnc3-c3ccccc3C4C)ccc21. The molecule has 4 heteroatoms. The van der Waals surface area contributed by atoms with Crippen molar-refractivity contribution in [2.75, 3.05) is 0 Å². The van der Waals surface area contributed by atoms with Gasteiger partial charge in [0.2, 0.25) is 0 Å². The summed E-state index contributed by atoms with van der Waals surface area (Å²) in [7, 11) is 0. The molecule has 2 aliphatic rings. The Morgan fingerprint density at radius 3 is 1.39 bits per heavy atom. The Morgan fingerprint density at radius 2 is 0.921 bits per heavy atom. The maximum Gasteiger partial charge on any atom is 0.0893 e. The van der Waals surface area contributed by atoms with Crippen molar-refractivity contribution in [1.82, 2.24) is 9.97 Å². The number of fused-ring (bicyclic) bond motifs is 10. The molecule has 0 fully saturated rings. The number of aromatic nitrogens is 2. The van der Waals surface area contributed by atoms with Crippen LogP contribution in [0.4, 0.5) is 0 Å². The number of benzene rings is 4. The standard InChI is InChI=1S/C34H24N2S2/c1-19-23-7-3-5-9-27(23)31-33(37-17-35-31)29-15-21(11-13-25(19)29)22-12-14-26-20(2)24-8-4-6-10-28(24)32-34(30(26)16-22)38-18-36-32/h3-20H,1-2H3. The molecular formula is C34H24N2S2. The highest BCUT2D eigenvalue weighted by molar-refractivity contribution is 7.14. The zero-order valence-electron chi connectivity index (χ0n) is 21.1. The molecule has 2 heterocycles. The summed E-state index contributed by atoms with van der Waals surface area (Å²) in [6.07, 6.45) is 0. The molecule has 4 aromatic carbocycles. The van der Waals surface area contributed by atoms with Gasteiger partial charge in [0.05, 0.1) is 32.2 Å². The first-order valence-electron chi connectivity index (χ1n) is 13.0. The Balaban J connectivity index is 1.31. The smallest absolute Gasteiger partial charge is 0.0893 e. The third kappa shape index (κ3) is 3.11. The Bertz CT molecular complexity index is 1740. The molecule has 2 aromatic heterocycles. The van der Waals surface area contributed by atoms with Crippen LogP contribution in [0.1, 0.15) is 47.9 Å². The maximum absolute atomic E-state index is 4.82. The van der Waals surface area contributed by atoms with E-state index >= 15 is 0 Å². The first-order valence-corrected chi connectivity index (χ1v) is 14.8. The van der Waals surface area contributed by atoms with Gasteiger partial charge in [0.1, 0.15) is 0 Å². The van der Waals surface area contributed by atoms with Gasteiger partial charge in [0.25, 0.3) is 0 Å². The highest BCUT2D eigenvalue weighted by Gasteiger charge is 2.28. The molecular weight excluding hydrogens is 501 g/mol. The van der Waals surface area contributed by atoms with Crippen molar-refractivity contribution in [3.8, 4) is 54.5 Å². The molecule has 0 bridgehead atoms. The number of rotatable bonds is 1. The van der Waals surface area contributed by atoms with E-state index in [0.29, 0.717) is 11.8 Å². The van der Waals surface area contributed by atoms with Gasteiger partial charge in [-0.1, -0.05) is 86.6 Å². The Morgan fingerprint density at radius 1 is 0.500 bits per heavy atom. The summed E-state index contributed by atoms with van der Waals surface area (Å²) in [5.74, 6) is 0.616. The van der Waals surface area contributed by atoms with Crippen LogP contribution in [0, 0.1) is 0 Å². The predicted octanol–water partition coefficient (Wildman–Crippen LogP) is 9.86. The van der Waals surface area contributed by atoms with Gasteiger partial charge >= 0.3 is 0 Å². The second kappa shape index (κ2) is 8.32. The van der Waals surface area contributed by atoms with E-state index in [9.17, 15) is 0 Å². The lowest BCUT2D eigenvalue weighted by molar-refractivity contribution is 0.930. The fraction of sp³-hybridized carbons (Fsp3) is 0.118. The summed E-state index contributed by atoms with van der Waals surface area (Å²) in [6.45, 7) is 4.64. The van der Waals surface area contributed by atoms with Gasteiger partial charge in [-0.05, 0) is 56.6 Å². The summed E-state index contributed by atoms with van der Waals surface area (Å²) in [5, 5.41) is 0. The normalized spacial score (nSPS) is 16.7. The monoisotopic (exact) mass is 524 g/mol. The van der Waals surface area contributed by atoms with Crippen molar-refractivity contribution in [2.45, 2.75) is 25.7 Å². The molecule has 2 unspecified atom stereocenters. The second-order valence-electron chi connectivity index (χ2n) is 10.3. The number of hydrogen-bond acceptors (Lipinski definition) is 4. The zero-order chi connectivity index (χ0) is 25.4. The molecule has 2 nitrogen and oxygen atoms in total. The molecule has 0 radical (unpaired) electrons. The van der Waals surface area contributed by atoms with Crippen LogP contribution in [0.5, 0.6) is 0 Å². The van der Waals surface area contributed by atoms with Gasteiger partial charge in [-0.15, -0.1) is 22.7 Å². The van der Waals surface area contributed by atoms with Crippen molar-refractivity contribution in [3.63, 3.8) is 0 Å². The predicted molar refractivity (Wildman–Crippen MR) is 160 cm³/mol. The third-order valence-electron chi connectivity index (χ3n) is 8.36. The summed E-state index contributed by atoms with van der Waals surface area (Å²) in [4.78, 5) is 12.2. The minimum atomic E-state index is 0.308. The summed E-state index contributed by atoms with van der Waals surface area (Å²) in [5.41, 5.74) is 19.2. The molecule has 0 aliphatic heterocycles. The molecule has 0 spiro atoms. The van der Waals surface area contributed by atoms with Crippen LogP contribution in [-0.2, 0) is 0 Å². The minimum absolute atomic E-state index is 0.308. The lowest BCUT2D eigenvalue weighted by Gasteiger charge is -2.18. The van der Waals surface area contributed by atoms with E-state index in [1.165, 1.54) is 65.4 Å². The lowest BCUT2D eigenvalue weighted by Crippen LogP contribution is -1.99. The molecule has 0 amide bonds. The molecule has 0 saturated heterocycles. The van der Waals surface area contributed by atoms with Crippen molar-refractivity contribution >= 4 is 22.7 Å². The largest absolute Gasteiger partial charge is 0.244 e. The summed E-state index contributed by atoms with van der Waals surface area (Å²) < 4.78 is 0. The molecule has 38 heavy (non-hydrogen) atoms. The van der Waals surface area contributed by atoms with Crippen LogP contribution in [0.25, 0.3) is 54.5 Å². The topological polar surface area (TPSA) is 25.8 Å². The fourth-order valence-electron chi connectivity index (χ4n) is 6.39. The Labute approximate surface area is 230 Å². The highest BCUT2D eigenvalue weighted by atomic mass is 32.1. The molecule has 8 rings (SSSR count). The number of thiazole rings is 2. The van der Waals surface area contributed by atoms with E-state index in [-0.39, 0.29) is 0 Å². The fourth-order valence-corrected chi connectivity index (χ4v) is 8.08. The average Bonchev–Trinajstić information content (AvgIpc) is 3.63. The molecule has 0 N–H and O–H groups in total. The number of nitrogens with zero attached hydrogens (tertiary/aromatic N) is 2. The van der Waals surface area contributed by atoms with Gasteiger partial charge < -0.3 is 0 Å². The van der Waals surface area contributed by atoms with Crippen LogP contribution >= 0.6 is 22.7 Å². The molecule has 2 atom stereocenters. The molecule has 0 saturated carbocycles. The van der Waals surface area contributed by atoms with Crippen molar-refractivity contribution < 1.29 is 0 Å². The van der Waals surface area contributed by atoms with E-state index < -0.39 is 0 Å². The Kier molecular flexibility index (Phi) is 4.85. The van der Waals surface area contributed by atoms with Gasteiger partial charge in [0, 0.05) is 23.0 Å². The van der Waals surface area contributed by atoms with Gasteiger partial charge in [-0.25, -0.2) is 9.97 Å². The minimum Gasteiger partial charge on any atom is -0.244 e. The second-order valence-corrected chi connectivity index (χ2v) is 12.0. The maximum atomic E-state index is 4.82. The quantitative estimate of drug-likeness (QED) is 0.214. The zero-order valence-corrected chi connectivity index (χ0v) is 22.7. The van der Waals surface area contributed by atoms with Crippen LogP contribution in [0.3, 0.4) is 0 Å². The summed E-state index contributed by atoms with van der Waals surface area (Å²) >= 11 is 3.49. The Hall–Kier alpha value is -3.86. The van der Waals surface area contributed by atoms with E-state index in [1.54, 1.807) is 22.7 Å². The first kappa shape index (κ1) is 22.2. The van der Waals surface area contributed by atoms with Crippen LogP contribution in [-0.4, -0.2) is 9.97 Å². The van der Waals surface area contributed by atoms with Crippen molar-refractivity contribution in [1.29, 1.82) is 0 Å². The lowest BCUT2D eigenvalue weighted by atomic mass is 9.86. The van der Waals surface area contributed by atoms with E-state index in [1.807, 2.05) is 11.0 Å². The summed E-state index contributed by atoms with van der Waals surface area (Å²) in [6, 6.07) is 31.5.